The second kappa shape index (κ2) is 6.74. The molecule has 14 heavy (non-hydrogen) atoms. The maximum absolute atomic E-state index is 5.64. The van der Waals surface area contributed by atoms with Gasteiger partial charge in [-0.15, -0.1) is 0 Å². The monoisotopic (exact) mass is 211 g/mol. The molecule has 0 spiro atoms. The molecule has 0 aliphatic heterocycles. The van der Waals surface area contributed by atoms with Crippen molar-refractivity contribution in [1.29, 1.82) is 0 Å². The predicted molar refractivity (Wildman–Crippen MR) is 62.8 cm³/mol. The van der Waals surface area contributed by atoms with Crippen molar-refractivity contribution < 1.29 is 4.74 Å². The molecule has 0 aliphatic rings. The lowest BCUT2D eigenvalue weighted by molar-refractivity contribution is 0.315. The van der Waals surface area contributed by atoms with Crippen molar-refractivity contribution in [2.75, 3.05) is 18.6 Å². The van der Waals surface area contributed by atoms with Gasteiger partial charge in [-0.25, -0.2) is 0 Å². The van der Waals surface area contributed by atoms with E-state index >= 15 is 0 Å². The lowest BCUT2D eigenvalue weighted by atomic mass is 10.2. The highest BCUT2D eigenvalue weighted by Crippen LogP contribution is 2.17. The van der Waals surface area contributed by atoms with E-state index < -0.39 is 0 Å². The van der Waals surface area contributed by atoms with Crippen LogP contribution in [0, 0.1) is 0 Å². The number of benzene rings is 1. The molecule has 0 atom stereocenters. The van der Waals surface area contributed by atoms with Crippen LogP contribution in [0.1, 0.15) is 12.0 Å². The van der Waals surface area contributed by atoms with Crippen molar-refractivity contribution in [1.82, 2.24) is 0 Å². The first-order valence-corrected chi connectivity index (χ1v) is 6.17. The number of ether oxygens (including phenoxy) is 1. The van der Waals surface area contributed by atoms with Crippen molar-refractivity contribution in [3.8, 4) is 5.75 Å². The van der Waals surface area contributed by atoms with Gasteiger partial charge in [0.25, 0.3) is 0 Å². The summed E-state index contributed by atoms with van der Waals surface area (Å²) in [6.45, 7) is 1.32. The van der Waals surface area contributed by atoms with E-state index in [1.54, 1.807) is 0 Å². The SMILES string of the molecule is CSCCCOc1ccccc1CN. The van der Waals surface area contributed by atoms with Crippen LogP contribution in [0.15, 0.2) is 24.3 Å². The fourth-order valence-electron chi connectivity index (χ4n) is 1.20. The fraction of sp³-hybridized carbons (Fsp3) is 0.455. The van der Waals surface area contributed by atoms with E-state index in [9.17, 15) is 0 Å². The third kappa shape index (κ3) is 3.60. The van der Waals surface area contributed by atoms with Gasteiger partial charge < -0.3 is 10.5 Å². The van der Waals surface area contributed by atoms with Gasteiger partial charge in [0, 0.05) is 12.1 Å². The Kier molecular flexibility index (Phi) is 5.49. The molecule has 0 bridgehead atoms. The number of para-hydroxylation sites is 1. The van der Waals surface area contributed by atoms with Gasteiger partial charge in [-0.3, -0.25) is 0 Å². The van der Waals surface area contributed by atoms with Crippen molar-refractivity contribution in [3.63, 3.8) is 0 Å². The molecule has 0 unspecified atom stereocenters. The van der Waals surface area contributed by atoms with E-state index in [1.807, 2.05) is 36.0 Å². The largest absolute Gasteiger partial charge is 0.493 e. The van der Waals surface area contributed by atoms with Crippen LogP contribution in [0.3, 0.4) is 0 Å². The lowest BCUT2D eigenvalue weighted by Crippen LogP contribution is -2.04. The average molecular weight is 211 g/mol. The molecule has 78 valence electrons. The molecule has 0 fully saturated rings. The summed E-state index contributed by atoms with van der Waals surface area (Å²) in [6.07, 6.45) is 3.19. The van der Waals surface area contributed by atoms with Gasteiger partial charge in [-0.05, 0) is 24.5 Å². The topological polar surface area (TPSA) is 35.2 Å². The van der Waals surface area contributed by atoms with Crippen molar-refractivity contribution in [2.24, 2.45) is 5.73 Å². The standard InChI is InChI=1S/C11H17NOS/c1-14-8-4-7-13-11-6-3-2-5-10(11)9-12/h2-3,5-6H,4,7-9,12H2,1H3. The zero-order valence-corrected chi connectivity index (χ0v) is 9.35. The smallest absolute Gasteiger partial charge is 0.123 e. The molecule has 1 aromatic rings. The van der Waals surface area contributed by atoms with Gasteiger partial charge in [-0.1, -0.05) is 18.2 Å². The Labute approximate surface area is 89.8 Å². The second-order valence-electron chi connectivity index (χ2n) is 3.01. The minimum Gasteiger partial charge on any atom is -0.493 e. The maximum atomic E-state index is 5.64. The number of hydrogen-bond acceptors (Lipinski definition) is 3. The molecule has 0 aliphatic carbocycles. The first-order chi connectivity index (χ1) is 6.88. The van der Waals surface area contributed by atoms with Crippen LogP contribution in [-0.4, -0.2) is 18.6 Å². The third-order valence-corrected chi connectivity index (χ3v) is 2.64. The average Bonchev–Trinajstić information content (AvgIpc) is 2.25. The summed E-state index contributed by atoms with van der Waals surface area (Å²) in [4.78, 5) is 0. The number of rotatable bonds is 6. The molecular formula is C11H17NOS. The number of hydrogen-bond donors (Lipinski definition) is 1. The predicted octanol–water partition coefficient (Wildman–Crippen LogP) is 2.28. The second-order valence-corrected chi connectivity index (χ2v) is 3.99. The molecule has 0 amide bonds. The van der Waals surface area contributed by atoms with Crippen LogP contribution in [0.2, 0.25) is 0 Å². The van der Waals surface area contributed by atoms with E-state index in [1.165, 1.54) is 0 Å². The third-order valence-electron chi connectivity index (χ3n) is 1.94. The summed E-state index contributed by atoms with van der Waals surface area (Å²) in [5, 5.41) is 0. The Morgan fingerprint density at radius 3 is 2.86 bits per heavy atom. The highest BCUT2D eigenvalue weighted by atomic mass is 32.2. The van der Waals surface area contributed by atoms with Crippen LogP contribution in [0.4, 0.5) is 0 Å². The van der Waals surface area contributed by atoms with Gasteiger partial charge in [0.05, 0.1) is 6.61 Å². The fourth-order valence-corrected chi connectivity index (χ4v) is 1.61. The van der Waals surface area contributed by atoms with Gasteiger partial charge >= 0.3 is 0 Å². The molecule has 0 radical (unpaired) electrons. The van der Waals surface area contributed by atoms with E-state index in [2.05, 4.69) is 6.26 Å². The number of nitrogens with two attached hydrogens (primary N) is 1. The Balaban J connectivity index is 2.41. The normalized spacial score (nSPS) is 10.1. The van der Waals surface area contributed by atoms with Crippen LogP contribution < -0.4 is 10.5 Å². The first-order valence-electron chi connectivity index (χ1n) is 4.78. The summed E-state index contributed by atoms with van der Waals surface area (Å²) in [7, 11) is 0. The summed E-state index contributed by atoms with van der Waals surface area (Å²) in [5.74, 6) is 2.07. The van der Waals surface area contributed by atoms with E-state index in [0.29, 0.717) is 6.54 Å². The van der Waals surface area contributed by atoms with E-state index in [0.717, 1.165) is 30.1 Å². The minimum atomic E-state index is 0.540. The minimum absolute atomic E-state index is 0.540. The van der Waals surface area contributed by atoms with Crippen LogP contribution >= 0.6 is 11.8 Å². The highest BCUT2D eigenvalue weighted by molar-refractivity contribution is 7.98. The summed E-state index contributed by atoms with van der Waals surface area (Å²) in [5.41, 5.74) is 6.68. The van der Waals surface area contributed by atoms with Gasteiger partial charge in [0.1, 0.15) is 5.75 Å². The molecule has 3 heteroatoms. The van der Waals surface area contributed by atoms with Crippen LogP contribution in [0.25, 0.3) is 0 Å². The lowest BCUT2D eigenvalue weighted by Gasteiger charge is -2.09. The Hall–Kier alpha value is -0.670. The molecule has 0 heterocycles. The van der Waals surface area contributed by atoms with Crippen LogP contribution in [-0.2, 0) is 6.54 Å². The Morgan fingerprint density at radius 2 is 2.14 bits per heavy atom. The van der Waals surface area contributed by atoms with E-state index in [4.69, 9.17) is 10.5 Å². The summed E-state index contributed by atoms with van der Waals surface area (Å²) >= 11 is 1.84. The molecule has 0 saturated carbocycles. The zero-order valence-electron chi connectivity index (χ0n) is 8.53. The summed E-state index contributed by atoms with van der Waals surface area (Å²) in [6, 6.07) is 7.94. The van der Waals surface area contributed by atoms with Gasteiger partial charge in [0.2, 0.25) is 0 Å². The van der Waals surface area contributed by atoms with E-state index in [-0.39, 0.29) is 0 Å². The highest BCUT2D eigenvalue weighted by Gasteiger charge is 1.99. The molecule has 1 rings (SSSR count). The first kappa shape index (κ1) is 11.4. The van der Waals surface area contributed by atoms with Gasteiger partial charge in [0.15, 0.2) is 0 Å². The quantitative estimate of drug-likeness (QED) is 0.733. The Bertz CT molecular complexity index is 265. The maximum Gasteiger partial charge on any atom is 0.123 e. The van der Waals surface area contributed by atoms with Gasteiger partial charge in [-0.2, -0.15) is 11.8 Å². The number of thioether (sulfide) groups is 1. The molecule has 2 nitrogen and oxygen atoms in total. The summed E-state index contributed by atoms with van der Waals surface area (Å²) < 4.78 is 5.64. The van der Waals surface area contributed by atoms with Crippen molar-refractivity contribution in [3.05, 3.63) is 29.8 Å². The zero-order chi connectivity index (χ0) is 10.2. The molecular weight excluding hydrogens is 194 g/mol. The molecule has 0 aromatic heterocycles. The Morgan fingerprint density at radius 1 is 1.36 bits per heavy atom. The van der Waals surface area contributed by atoms with Crippen molar-refractivity contribution in [2.45, 2.75) is 13.0 Å². The molecule has 2 N–H and O–H groups in total. The molecule has 0 saturated heterocycles. The van der Waals surface area contributed by atoms with Crippen molar-refractivity contribution >= 4 is 11.8 Å². The van der Waals surface area contributed by atoms with Crippen LogP contribution in [0.5, 0.6) is 5.75 Å². The molecule has 1 aromatic carbocycles.